The first-order valence-electron chi connectivity index (χ1n) is 8.76. The monoisotopic (exact) mass is 348 g/mol. The molecule has 0 aliphatic heterocycles. The number of nitrogens with one attached hydrogen (secondary N) is 1. The number of hydrogen-bond acceptors (Lipinski definition) is 3. The van der Waals surface area contributed by atoms with E-state index in [0.29, 0.717) is 0 Å². The topological polar surface area (TPSA) is 49.4 Å². The number of aryl methyl sites for hydroxylation is 1. The molecule has 24 heavy (non-hydrogen) atoms. The maximum absolute atomic E-state index is 12.8. The normalized spacial score (nSPS) is 21.1. The Hall–Kier alpha value is -1.36. The Kier molecular flexibility index (Phi) is 4.06. The summed E-state index contributed by atoms with van der Waals surface area (Å²) in [5, 5.41) is 3.86. The fourth-order valence-corrected chi connectivity index (χ4v) is 5.42. The lowest BCUT2D eigenvalue weighted by Gasteiger charge is -2.16. The van der Waals surface area contributed by atoms with Crippen molar-refractivity contribution in [2.45, 2.75) is 53.4 Å². The molecule has 1 heterocycles. The zero-order valence-electron chi connectivity index (χ0n) is 15.6. The quantitative estimate of drug-likeness (QED) is 0.899. The lowest BCUT2D eigenvalue weighted by molar-refractivity contribution is -0.118. The van der Waals surface area contributed by atoms with Gasteiger partial charge in [0.1, 0.15) is 5.00 Å². The zero-order valence-corrected chi connectivity index (χ0v) is 16.4. The summed E-state index contributed by atoms with van der Waals surface area (Å²) >= 11 is 1.60. The molecule has 2 amide bonds. The van der Waals surface area contributed by atoms with E-state index in [-0.39, 0.29) is 28.6 Å². The van der Waals surface area contributed by atoms with Crippen LogP contribution in [0.1, 0.15) is 61.3 Å². The van der Waals surface area contributed by atoms with Crippen molar-refractivity contribution in [1.29, 1.82) is 0 Å². The summed E-state index contributed by atoms with van der Waals surface area (Å²) in [5.74, 6) is 0.0434. The van der Waals surface area contributed by atoms with Gasteiger partial charge in [0.05, 0.1) is 5.56 Å². The first-order valence-corrected chi connectivity index (χ1v) is 9.57. The van der Waals surface area contributed by atoms with Gasteiger partial charge in [-0.3, -0.25) is 9.59 Å². The summed E-state index contributed by atoms with van der Waals surface area (Å²) < 4.78 is 0. The Balaban J connectivity index is 1.92. The molecule has 0 bridgehead atoms. The summed E-state index contributed by atoms with van der Waals surface area (Å²) in [6.45, 7) is 8.57. The van der Waals surface area contributed by atoms with Crippen LogP contribution in [0, 0.1) is 16.7 Å². The van der Waals surface area contributed by atoms with Gasteiger partial charge in [-0.25, -0.2) is 0 Å². The zero-order chi connectivity index (χ0) is 17.9. The molecule has 3 rings (SSSR count). The van der Waals surface area contributed by atoms with Crippen LogP contribution in [0.3, 0.4) is 0 Å². The second-order valence-corrected chi connectivity index (χ2v) is 9.59. The van der Waals surface area contributed by atoms with E-state index in [2.05, 4.69) is 33.0 Å². The molecule has 132 valence electrons. The van der Waals surface area contributed by atoms with Crippen LogP contribution >= 0.6 is 11.3 Å². The van der Waals surface area contributed by atoms with Crippen LogP contribution in [-0.4, -0.2) is 30.8 Å². The Bertz CT molecular complexity index is 686. The molecule has 1 fully saturated rings. The average molecular weight is 349 g/mol. The van der Waals surface area contributed by atoms with Crippen molar-refractivity contribution in [3.63, 3.8) is 0 Å². The van der Waals surface area contributed by atoms with E-state index >= 15 is 0 Å². The molecule has 0 spiro atoms. The maximum atomic E-state index is 12.8. The van der Waals surface area contributed by atoms with Gasteiger partial charge in [-0.1, -0.05) is 27.7 Å². The minimum Gasteiger partial charge on any atom is -0.345 e. The second-order valence-electron chi connectivity index (χ2n) is 8.48. The van der Waals surface area contributed by atoms with Crippen LogP contribution in [0.25, 0.3) is 0 Å². The number of fused-ring (bicyclic) bond motifs is 1. The van der Waals surface area contributed by atoms with Crippen LogP contribution in [0.15, 0.2) is 0 Å². The van der Waals surface area contributed by atoms with Crippen LogP contribution in [-0.2, 0) is 17.6 Å². The Labute approximate surface area is 148 Å². The van der Waals surface area contributed by atoms with E-state index in [0.717, 1.165) is 35.4 Å². The van der Waals surface area contributed by atoms with E-state index in [9.17, 15) is 9.59 Å². The van der Waals surface area contributed by atoms with Crippen LogP contribution in [0.2, 0.25) is 0 Å². The lowest BCUT2D eigenvalue weighted by Crippen LogP contribution is -2.25. The third-order valence-corrected chi connectivity index (χ3v) is 7.52. The molecule has 0 radical (unpaired) electrons. The third kappa shape index (κ3) is 2.48. The Morgan fingerprint density at radius 3 is 2.21 bits per heavy atom. The van der Waals surface area contributed by atoms with Crippen LogP contribution in [0.5, 0.6) is 0 Å². The van der Waals surface area contributed by atoms with Gasteiger partial charge < -0.3 is 10.2 Å². The molecule has 1 aromatic heterocycles. The minimum absolute atomic E-state index is 0.000317. The molecule has 0 atom stereocenters. The van der Waals surface area contributed by atoms with E-state index in [1.165, 1.54) is 11.3 Å². The van der Waals surface area contributed by atoms with Crippen molar-refractivity contribution in [3.8, 4) is 0 Å². The van der Waals surface area contributed by atoms with E-state index < -0.39 is 0 Å². The smallest absolute Gasteiger partial charge is 0.256 e. The molecule has 1 saturated carbocycles. The number of hydrogen-bond donors (Lipinski definition) is 1. The number of amides is 2. The molecule has 0 aromatic carbocycles. The highest BCUT2D eigenvalue weighted by atomic mass is 32.1. The predicted octanol–water partition coefficient (Wildman–Crippen LogP) is 3.95. The fraction of sp³-hybridized carbons (Fsp3) is 0.684. The van der Waals surface area contributed by atoms with Crippen molar-refractivity contribution in [1.82, 2.24) is 4.90 Å². The van der Waals surface area contributed by atoms with Gasteiger partial charge in [0, 0.05) is 24.9 Å². The number of rotatable bonds is 3. The molecule has 1 N–H and O–H groups in total. The first-order chi connectivity index (χ1) is 11.1. The SMILES string of the molecule is CN(C)C(=O)c1c(NC(=O)C2C(C)(C)C2(C)C)sc2c1CCCC2. The van der Waals surface area contributed by atoms with Crippen molar-refractivity contribution in [3.05, 3.63) is 16.0 Å². The van der Waals surface area contributed by atoms with Gasteiger partial charge in [0.2, 0.25) is 5.91 Å². The van der Waals surface area contributed by atoms with E-state index in [1.54, 1.807) is 30.3 Å². The number of thiophene rings is 1. The number of anilines is 1. The van der Waals surface area contributed by atoms with Gasteiger partial charge >= 0.3 is 0 Å². The van der Waals surface area contributed by atoms with Crippen molar-refractivity contribution in [2.24, 2.45) is 16.7 Å². The molecule has 2 aliphatic rings. The summed E-state index contributed by atoms with van der Waals surface area (Å²) in [6.07, 6.45) is 4.24. The molecule has 0 unspecified atom stereocenters. The highest BCUT2D eigenvalue weighted by Gasteiger charge is 2.68. The molecule has 5 heteroatoms. The van der Waals surface area contributed by atoms with Crippen molar-refractivity contribution < 1.29 is 9.59 Å². The predicted molar refractivity (Wildman–Crippen MR) is 98.7 cm³/mol. The molecule has 4 nitrogen and oxygen atoms in total. The second kappa shape index (κ2) is 5.58. The van der Waals surface area contributed by atoms with E-state index in [1.807, 2.05) is 0 Å². The highest BCUT2D eigenvalue weighted by Crippen LogP contribution is 2.68. The number of carbonyl (C=O) groups is 2. The Morgan fingerprint density at radius 1 is 1.08 bits per heavy atom. The van der Waals surface area contributed by atoms with Gasteiger partial charge in [-0.05, 0) is 42.1 Å². The lowest BCUT2D eigenvalue weighted by atomic mass is 9.95. The minimum atomic E-state index is -0.00793. The summed E-state index contributed by atoms with van der Waals surface area (Å²) in [5.41, 5.74) is 1.89. The maximum Gasteiger partial charge on any atom is 0.256 e. The van der Waals surface area contributed by atoms with Gasteiger partial charge in [0.25, 0.3) is 5.91 Å². The Morgan fingerprint density at radius 2 is 1.67 bits per heavy atom. The molecular formula is C19H28N2O2S. The number of nitrogens with zero attached hydrogens (tertiary/aromatic N) is 1. The van der Waals surface area contributed by atoms with Gasteiger partial charge in [0.15, 0.2) is 0 Å². The fourth-order valence-electron chi connectivity index (χ4n) is 4.14. The van der Waals surface area contributed by atoms with Crippen LogP contribution < -0.4 is 5.32 Å². The third-order valence-electron chi connectivity index (χ3n) is 6.31. The number of carbonyl (C=O) groups excluding carboxylic acids is 2. The summed E-state index contributed by atoms with van der Waals surface area (Å²) in [7, 11) is 3.54. The average Bonchev–Trinajstić information content (AvgIpc) is 2.77. The summed E-state index contributed by atoms with van der Waals surface area (Å²) in [6, 6.07) is 0. The molecule has 1 aromatic rings. The first kappa shape index (κ1) is 17.5. The molecule has 0 saturated heterocycles. The largest absolute Gasteiger partial charge is 0.345 e. The van der Waals surface area contributed by atoms with Gasteiger partial charge in [-0.2, -0.15) is 0 Å². The molecule has 2 aliphatic carbocycles. The van der Waals surface area contributed by atoms with E-state index in [4.69, 9.17) is 0 Å². The highest BCUT2D eigenvalue weighted by molar-refractivity contribution is 7.17. The van der Waals surface area contributed by atoms with Gasteiger partial charge in [-0.15, -0.1) is 11.3 Å². The summed E-state index contributed by atoms with van der Waals surface area (Å²) in [4.78, 5) is 28.4. The molecular weight excluding hydrogens is 320 g/mol. The van der Waals surface area contributed by atoms with Crippen LogP contribution in [0.4, 0.5) is 5.00 Å². The van der Waals surface area contributed by atoms with Crippen molar-refractivity contribution in [2.75, 3.05) is 19.4 Å². The standard InChI is InChI=1S/C19H28N2O2S/c1-18(2)14(19(18,3)4)15(22)20-16-13(17(23)21(5)6)11-9-7-8-10-12(11)24-16/h14H,7-10H2,1-6H3,(H,20,22). The van der Waals surface area contributed by atoms with Crippen molar-refractivity contribution >= 4 is 28.2 Å².